The van der Waals surface area contributed by atoms with Crippen LogP contribution in [0.3, 0.4) is 0 Å². The van der Waals surface area contributed by atoms with E-state index in [2.05, 4.69) is 33.0 Å². The van der Waals surface area contributed by atoms with Crippen molar-refractivity contribution in [2.45, 2.75) is 71.1 Å². The van der Waals surface area contributed by atoms with Gasteiger partial charge in [0.15, 0.2) is 0 Å². The summed E-state index contributed by atoms with van der Waals surface area (Å²) in [6.45, 7) is 8.31. The number of nitrogens with one attached hydrogen (secondary N) is 1. The van der Waals surface area contributed by atoms with Crippen LogP contribution >= 0.6 is 11.6 Å². The first-order valence-corrected chi connectivity index (χ1v) is 12.0. The summed E-state index contributed by atoms with van der Waals surface area (Å²) in [5.41, 5.74) is 8.01. The van der Waals surface area contributed by atoms with E-state index in [1.54, 1.807) is 32.4 Å². The van der Waals surface area contributed by atoms with Gasteiger partial charge in [0.2, 0.25) is 11.8 Å². The molecule has 6 nitrogen and oxygen atoms in total. The molecular weight excluding hydrogens is 452 g/mol. The molecule has 0 radical (unpaired) electrons. The van der Waals surface area contributed by atoms with Gasteiger partial charge < -0.3 is 20.5 Å². The van der Waals surface area contributed by atoms with Gasteiger partial charge in [-0.15, -0.1) is 0 Å². The summed E-state index contributed by atoms with van der Waals surface area (Å²) in [6.07, 6.45) is 4.18. The van der Waals surface area contributed by atoms with E-state index >= 15 is 0 Å². The minimum atomic E-state index is -0.536. The van der Waals surface area contributed by atoms with Crippen molar-refractivity contribution >= 4 is 29.1 Å². The maximum absolute atomic E-state index is 13.3. The normalized spacial score (nSPS) is 12.2. The van der Waals surface area contributed by atoms with Crippen LogP contribution in [0.4, 0.5) is 5.69 Å². The number of primary amides is 1. The number of benzene rings is 2. The summed E-state index contributed by atoms with van der Waals surface area (Å²) in [6, 6.07) is 8.78. The second-order valence-electron chi connectivity index (χ2n) is 9.55. The average Bonchev–Trinajstić information content (AvgIpc) is 2.77. The van der Waals surface area contributed by atoms with Crippen LogP contribution in [0.15, 0.2) is 30.3 Å². The van der Waals surface area contributed by atoms with Gasteiger partial charge in [0, 0.05) is 23.7 Å². The number of ether oxygens (including phenoxy) is 2. The Balaban J connectivity index is 2.39. The number of unbranched alkanes of at least 4 members (excludes halogenated alkanes) is 2. The zero-order valence-corrected chi connectivity index (χ0v) is 21.8. The highest BCUT2D eigenvalue weighted by molar-refractivity contribution is 6.32. The molecule has 34 heavy (non-hydrogen) atoms. The van der Waals surface area contributed by atoms with Crippen LogP contribution < -0.4 is 20.5 Å². The topological polar surface area (TPSA) is 90.7 Å². The number of halogens is 1. The van der Waals surface area contributed by atoms with E-state index in [1.807, 2.05) is 12.1 Å². The molecule has 0 aliphatic rings. The minimum Gasteiger partial charge on any atom is -0.496 e. The van der Waals surface area contributed by atoms with Crippen molar-refractivity contribution in [2.75, 3.05) is 19.5 Å². The van der Waals surface area contributed by atoms with Crippen molar-refractivity contribution in [1.82, 2.24) is 0 Å². The van der Waals surface area contributed by atoms with Crippen LogP contribution in [0.5, 0.6) is 11.5 Å². The Kier molecular flexibility index (Phi) is 9.80. The van der Waals surface area contributed by atoms with Crippen LogP contribution in [-0.2, 0) is 10.2 Å². The summed E-state index contributed by atoms with van der Waals surface area (Å²) in [7, 11) is 3.15. The van der Waals surface area contributed by atoms with E-state index in [0.717, 1.165) is 36.8 Å². The predicted octanol–water partition coefficient (Wildman–Crippen LogP) is 6.45. The molecule has 186 valence electrons. The van der Waals surface area contributed by atoms with Gasteiger partial charge >= 0.3 is 0 Å². The highest BCUT2D eigenvalue weighted by Gasteiger charge is 2.24. The minimum absolute atomic E-state index is 0.0951. The van der Waals surface area contributed by atoms with Crippen LogP contribution in [0.25, 0.3) is 0 Å². The van der Waals surface area contributed by atoms with Crippen molar-refractivity contribution in [3.05, 3.63) is 52.0 Å². The second kappa shape index (κ2) is 12.1. The number of carbonyl (C=O) groups excluding carboxylic acids is 2. The fourth-order valence-corrected chi connectivity index (χ4v) is 4.34. The van der Waals surface area contributed by atoms with Gasteiger partial charge in [-0.3, -0.25) is 9.59 Å². The number of amides is 2. The summed E-state index contributed by atoms with van der Waals surface area (Å²) < 4.78 is 10.9. The van der Waals surface area contributed by atoms with E-state index in [9.17, 15) is 9.59 Å². The van der Waals surface area contributed by atoms with Crippen molar-refractivity contribution in [1.29, 1.82) is 0 Å². The Morgan fingerprint density at radius 3 is 2.29 bits per heavy atom. The quantitative estimate of drug-likeness (QED) is 0.356. The molecule has 0 fully saturated rings. The highest BCUT2D eigenvalue weighted by atomic mass is 35.5. The van der Waals surface area contributed by atoms with E-state index in [-0.39, 0.29) is 23.7 Å². The molecule has 0 aliphatic carbocycles. The summed E-state index contributed by atoms with van der Waals surface area (Å²) in [4.78, 5) is 25.0. The molecule has 3 N–H and O–H groups in total. The number of carbonyl (C=O) groups is 2. The smallest absolute Gasteiger partial charge is 0.248 e. The van der Waals surface area contributed by atoms with Crippen molar-refractivity contribution < 1.29 is 19.1 Å². The van der Waals surface area contributed by atoms with E-state index in [4.69, 9.17) is 26.8 Å². The van der Waals surface area contributed by atoms with Gasteiger partial charge in [-0.05, 0) is 47.1 Å². The van der Waals surface area contributed by atoms with Gasteiger partial charge in [0.05, 0.1) is 19.2 Å². The van der Waals surface area contributed by atoms with Crippen molar-refractivity contribution in [3.63, 3.8) is 0 Å². The molecule has 0 heterocycles. The number of rotatable bonds is 11. The SMILES string of the molecule is CCCCCC(CC(=O)Nc1cc(C(N)=O)ccc1C(C)(C)C)c1cc(Cl)c(OC)cc1OC. The molecule has 1 unspecified atom stereocenters. The Labute approximate surface area is 208 Å². The average molecular weight is 489 g/mol. The zero-order chi connectivity index (χ0) is 25.5. The number of nitrogens with two attached hydrogens (primary N) is 1. The second-order valence-corrected chi connectivity index (χ2v) is 9.96. The standard InChI is InChI=1S/C27H37ClN2O4/c1-7-8-9-10-17(19-15-21(28)24(34-6)16-23(19)33-5)14-25(31)30-22-13-18(26(29)32)11-12-20(22)27(2,3)4/h11-13,15-17H,7-10,14H2,1-6H3,(H2,29,32)(H,30,31). The summed E-state index contributed by atoms with van der Waals surface area (Å²) in [5.74, 6) is 0.384. The lowest BCUT2D eigenvalue weighted by Crippen LogP contribution is -2.22. The van der Waals surface area contributed by atoms with Crippen LogP contribution in [0.1, 0.15) is 87.2 Å². The molecule has 2 aromatic rings. The van der Waals surface area contributed by atoms with Crippen LogP contribution in [0.2, 0.25) is 5.02 Å². The number of anilines is 1. The van der Waals surface area contributed by atoms with Gasteiger partial charge in [-0.1, -0.05) is 64.6 Å². The third-order valence-corrected chi connectivity index (χ3v) is 6.21. The Bertz CT molecular complexity index is 1010. The third-order valence-electron chi connectivity index (χ3n) is 5.92. The number of hydrogen-bond acceptors (Lipinski definition) is 4. The summed E-state index contributed by atoms with van der Waals surface area (Å²) >= 11 is 6.42. The maximum atomic E-state index is 13.3. The first kappa shape index (κ1) is 27.5. The molecular formula is C27H37ClN2O4. The molecule has 0 bridgehead atoms. The molecule has 2 amide bonds. The molecule has 0 aliphatic heterocycles. The molecule has 7 heteroatoms. The molecule has 0 spiro atoms. The fraction of sp³-hybridized carbons (Fsp3) is 0.481. The predicted molar refractivity (Wildman–Crippen MR) is 138 cm³/mol. The highest BCUT2D eigenvalue weighted by Crippen LogP contribution is 2.40. The van der Waals surface area contributed by atoms with Crippen molar-refractivity contribution in [3.8, 4) is 11.5 Å². The van der Waals surface area contributed by atoms with E-state index in [0.29, 0.717) is 27.8 Å². The number of methoxy groups -OCH3 is 2. The zero-order valence-electron chi connectivity index (χ0n) is 21.1. The molecule has 2 rings (SSSR count). The maximum Gasteiger partial charge on any atom is 0.248 e. The molecule has 0 saturated carbocycles. The van der Waals surface area contributed by atoms with Gasteiger partial charge in [-0.25, -0.2) is 0 Å². The molecule has 2 aromatic carbocycles. The third kappa shape index (κ3) is 7.13. The first-order valence-electron chi connectivity index (χ1n) is 11.7. The van der Waals surface area contributed by atoms with E-state index < -0.39 is 5.91 Å². The van der Waals surface area contributed by atoms with E-state index in [1.165, 1.54) is 0 Å². The first-order chi connectivity index (χ1) is 16.0. The van der Waals surface area contributed by atoms with Crippen LogP contribution in [0, 0.1) is 0 Å². The van der Waals surface area contributed by atoms with Crippen molar-refractivity contribution in [2.24, 2.45) is 5.73 Å². The van der Waals surface area contributed by atoms with Gasteiger partial charge in [0.25, 0.3) is 0 Å². The molecule has 0 saturated heterocycles. The fourth-order valence-electron chi connectivity index (χ4n) is 4.09. The molecule has 0 aromatic heterocycles. The monoisotopic (exact) mass is 488 g/mol. The lowest BCUT2D eigenvalue weighted by atomic mass is 9.84. The Morgan fingerprint density at radius 2 is 1.74 bits per heavy atom. The lowest BCUT2D eigenvalue weighted by molar-refractivity contribution is -0.116. The summed E-state index contributed by atoms with van der Waals surface area (Å²) in [5, 5.41) is 3.51. The Morgan fingerprint density at radius 1 is 1.06 bits per heavy atom. The largest absolute Gasteiger partial charge is 0.496 e. The van der Waals surface area contributed by atoms with Gasteiger partial charge in [0.1, 0.15) is 11.5 Å². The van der Waals surface area contributed by atoms with Crippen LogP contribution in [-0.4, -0.2) is 26.0 Å². The number of hydrogen-bond donors (Lipinski definition) is 2. The Hall–Kier alpha value is -2.73. The molecule has 1 atom stereocenters. The lowest BCUT2D eigenvalue weighted by Gasteiger charge is -2.25. The van der Waals surface area contributed by atoms with Gasteiger partial charge in [-0.2, -0.15) is 0 Å².